The van der Waals surface area contributed by atoms with E-state index in [-0.39, 0.29) is 39.1 Å². The minimum atomic E-state index is -4.10. The number of methoxy groups -OCH3 is 1. The number of benzene rings is 3. The Hall–Kier alpha value is -5.27. The average molecular weight is 785 g/mol. The Bertz CT molecular complexity index is 2070. The van der Waals surface area contributed by atoms with Crippen molar-refractivity contribution in [3.8, 4) is 5.75 Å². The zero-order chi connectivity index (χ0) is 41.3. The molecule has 0 aliphatic carbocycles. The van der Waals surface area contributed by atoms with Gasteiger partial charge in [-0.3, -0.25) is 9.59 Å². The number of aliphatic hydroxyl groups excluding tert-OH is 2. The van der Waals surface area contributed by atoms with Crippen LogP contribution in [0, 0.1) is 6.92 Å². The normalized spacial score (nSPS) is 13.2. The third-order valence-corrected chi connectivity index (χ3v) is 11.1. The summed E-state index contributed by atoms with van der Waals surface area (Å²) in [5.74, 6) is -0.556. The number of hydrogen-bond donors (Lipinski definition) is 6. The molecule has 0 saturated heterocycles. The van der Waals surface area contributed by atoms with Crippen molar-refractivity contribution < 1.29 is 33.0 Å². The fourth-order valence-electron chi connectivity index (χ4n) is 5.97. The van der Waals surface area contributed by atoms with Gasteiger partial charge in [0.15, 0.2) is 0 Å². The summed E-state index contributed by atoms with van der Waals surface area (Å²) in [5.41, 5.74) is 10.4. The van der Waals surface area contributed by atoms with Crippen LogP contribution in [0.2, 0.25) is 0 Å². The second-order valence-electron chi connectivity index (χ2n) is 13.3. The maximum atomic E-state index is 14.0. The van der Waals surface area contributed by atoms with E-state index in [2.05, 4.69) is 29.1 Å². The van der Waals surface area contributed by atoms with Gasteiger partial charge in [0.1, 0.15) is 5.75 Å². The number of aliphatic hydroxyl groups is 2. The number of ether oxygens (including phenoxy) is 1. The summed E-state index contributed by atoms with van der Waals surface area (Å²) in [6.45, 7) is 14.6. The third-order valence-electron chi connectivity index (χ3n) is 9.31. The van der Waals surface area contributed by atoms with Crippen molar-refractivity contribution >= 4 is 33.0 Å². The number of rotatable bonds is 23. The molecule has 1 atom stereocenters. The lowest BCUT2D eigenvalue weighted by Crippen LogP contribution is -2.28. The first kappa shape index (κ1) is 45.1. The van der Waals surface area contributed by atoms with Gasteiger partial charge < -0.3 is 36.6 Å². The van der Waals surface area contributed by atoms with E-state index in [4.69, 9.17) is 10.5 Å². The minimum absolute atomic E-state index is 0.0360. The Morgan fingerprint density at radius 2 is 1.62 bits per heavy atom. The van der Waals surface area contributed by atoms with Gasteiger partial charge in [0, 0.05) is 36.0 Å². The first-order valence-corrected chi connectivity index (χ1v) is 20.1. The Balaban J connectivity index is 1.60. The molecule has 0 fully saturated rings. The molecule has 3 aromatic carbocycles. The van der Waals surface area contributed by atoms with Gasteiger partial charge in [0.2, 0.25) is 9.84 Å². The second-order valence-corrected chi connectivity index (χ2v) is 15.2. The Morgan fingerprint density at radius 1 is 0.929 bits per heavy atom. The molecule has 300 valence electrons. The summed E-state index contributed by atoms with van der Waals surface area (Å²) in [7, 11) is -2.57. The Morgan fingerprint density at radius 3 is 2.27 bits per heavy atom. The van der Waals surface area contributed by atoms with Crippen LogP contribution in [0.5, 0.6) is 5.75 Å². The van der Waals surface area contributed by atoms with E-state index in [9.17, 15) is 28.2 Å². The second kappa shape index (κ2) is 22.3. The van der Waals surface area contributed by atoms with Gasteiger partial charge in [0.05, 0.1) is 40.9 Å². The van der Waals surface area contributed by atoms with Crippen LogP contribution >= 0.6 is 0 Å². The summed E-state index contributed by atoms with van der Waals surface area (Å²) >= 11 is 0. The van der Waals surface area contributed by atoms with Crippen LogP contribution in [-0.2, 0) is 14.6 Å². The monoisotopic (exact) mass is 784 g/mol. The molecule has 0 aromatic heterocycles. The summed E-state index contributed by atoms with van der Waals surface area (Å²) in [4.78, 5) is 25.4. The highest BCUT2D eigenvalue weighted by Gasteiger charge is 2.23. The molecule has 12 heteroatoms. The molecule has 0 aliphatic rings. The average Bonchev–Trinajstić information content (AvgIpc) is 3.19. The van der Waals surface area contributed by atoms with Crippen LogP contribution in [0.25, 0.3) is 5.70 Å². The van der Waals surface area contributed by atoms with Crippen molar-refractivity contribution in [2.24, 2.45) is 5.73 Å². The van der Waals surface area contributed by atoms with Crippen molar-refractivity contribution in [1.82, 2.24) is 10.6 Å². The topological polar surface area (TPSA) is 180 Å². The first-order chi connectivity index (χ1) is 26.8. The molecule has 2 amide bonds. The zero-order valence-electron chi connectivity index (χ0n) is 32.9. The van der Waals surface area contributed by atoms with Gasteiger partial charge in [-0.1, -0.05) is 69.4 Å². The van der Waals surface area contributed by atoms with Crippen LogP contribution in [0.15, 0.2) is 130 Å². The Labute approximate surface area is 331 Å². The zero-order valence-corrected chi connectivity index (χ0v) is 33.7. The van der Waals surface area contributed by atoms with Crippen LogP contribution in [0.4, 0.5) is 5.69 Å². The number of hydrogen-bond acceptors (Lipinski definition) is 9. The number of amides is 2. The highest BCUT2D eigenvalue weighted by Crippen LogP contribution is 2.31. The molecule has 7 N–H and O–H groups in total. The molecular formula is C44H56N4O7S. The van der Waals surface area contributed by atoms with E-state index in [0.29, 0.717) is 35.7 Å². The molecule has 56 heavy (non-hydrogen) atoms. The van der Waals surface area contributed by atoms with Crippen LogP contribution in [0.3, 0.4) is 0 Å². The summed E-state index contributed by atoms with van der Waals surface area (Å²) < 4.78 is 33.2. The number of unbranched alkanes of at least 4 members (excludes halogenated alkanes) is 3. The molecule has 0 spiro atoms. The highest BCUT2D eigenvalue weighted by atomic mass is 32.2. The molecule has 0 unspecified atom stereocenters. The Kier molecular flexibility index (Phi) is 18.0. The third kappa shape index (κ3) is 12.6. The number of carbonyl (C=O) groups excluding carboxylic acids is 2. The number of allylic oxidation sites excluding steroid dienone is 2. The lowest BCUT2D eigenvalue weighted by molar-refractivity contribution is -0.114. The summed E-state index contributed by atoms with van der Waals surface area (Å²) in [6, 6.07) is 17.5. The molecular weight excluding hydrogens is 729 g/mol. The van der Waals surface area contributed by atoms with Crippen molar-refractivity contribution in [3.05, 3.63) is 137 Å². The van der Waals surface area contributed by atoms with Gasteiger partial charge in [-0.2, -0.15) is 0 Å². The van der Waals surface area contributed by atoms with Gasteiger partial charge in [-0.15, -0.1) is 0 Å². The fraction of sp³-hybridized carbons (Fsp3) is 0.318. The molecule has 0 radical (unpaired) electrons. The number of sulfone groups is 1. The number of carbonyl (C=O) groups is 2. The highest BCUT2D eigenvalue weighted by molar-refractivity contribution is 7.91. The summed E-state index contributed by atoms with van der Waals surface area (Å²) in [6.07, 6.45) is 8.40. The molecule has 0 aliphatic heterocycles. The van der Waals surface area contributed by atoms with E-state index >= 15 is 0 Å². The van der Waals surface area contributed by atoms with E-state index in [0.717, 1.165) is 55.4 Å². The molecule has 11 nitrogen and oxygen atoms in total. The SMILES string of the molecule is C=C/C(C(N)=O)=C(/Nc1cccc(OC)c1)c1cc(S(=O)(=O)c2cccc(C(=O)NCCCCCCNC[C@H](O)/C(C)=C/C(CO)=C(\C=C)CC)c2)ccc1C. The number of aryl methyl sites for hydroxylation is 1. The number of primary amides is 1. The predicted molar refractivity (Wildman–Crippen MR) is 224 cm³/mol. The summed E-state index contributed by atoms with van der Waals surface area (Å²) in [5, 5.41) is 29.6. The van der Waals surface area contributed by atoms with Crippen molar-refractivity contribution in [3.63, 3.8) is 0 Å². The predicted octanol–water partition coefficient (Wildman–Crippen LogP) is 6.40. The van der Waals surface area contributed by atoms with Crippen molar-refractivity contribution in [2.75, 3.05) is 38.7 Å². The molecule has 3 rings (SSSR count). The largest absolute Gasteiger partial charge is 0.497 e. The standard InChI is InChI=1S/C44H56N4O7S/c1-7-32(8-2)34(29-49)24-31(5)41(50)28-46-22-12-10-11-13-23-47-44(52)33-16-14-19-37(25-33)56(53,54)38-21-20-30(4)40(27-38)42(39(9-3)43(45)51)48-35-17-15-18-36(26-35)55-6/h7,9,14-21,24-27,41,46,48-50H,1,3,8,10-13,22-23,28-29H2,2,4-6H3,(H2,45,51)(H,47,52)/b31-24+,34-32-,42-39-/t41-/m0/s1. The molecule has 0 bridgehead atoms. The van der Waals surface area contributed by atoms with Crippen LogP contribution < -0.4 is 26.4 Å². The van der Waals surface area contributed by atoms with Crippen molar-refractivity contribution in [2.45, 2.75) is 68.8 Å². The first-order valence-electron chi connectivity index (χ1n) is 18.6. The molecule has 0 saturated carbocycles. The molecule has 3 aromatic rings. The van der Waals surface area contributed by atoms with E-state index < -0.39 is 21.8 Å². The molecule has 0 heterocycles. The smallest absolute Gasteiger partial charge is 0.251 e. The lowest BCUT2D eigenvalue weighted by Gasteiger charge is -2.18. The maximum Gasteiger partial charge on any atom is 0.251 e. The van der Waals surface area contributed by atoms with Gasteiger partial charge in [-0.05, 0) is 104 Å². The number of anilines is 1. The quantitative estimate of drug-likeness (QED) is 0.0360. The number of nitrogens with one attached hydrogen (secondary N) is 3. The van der Waals surface area contributed by atoms with Crippen LogP contribution in [0.1, 0.15) is 67.4 Å². The van der Waals surface area contributed by atoms with Gasteiger partial charge >= 0.3 is 0 Å². The van der Waals surface area contributed by atoms with Crippen LogP contribution in [-0.4, -0.2) is 69.9 Å². The van der Waals surface area contributed by atoms with Gasteiger partial charge in [-0.25, -0.2) is 8.42 Å². The van der Waals surface area contributed by atoms with E-state index in [1.807, 2.05) is 19.9 Å². The maximum absolute atomic E-state index is 14.0. The van der Waals surface area contributed by atoms with Crippen molar-refractivity contribution in [1.29, 1.82) is 0 Å². The number of nitrogens with two attached hydrogens (primary N) is 1. The van der Waals surface area contributed by atoms with E-state index in [1.165, 1.54) is 43.5 Å². The fourth-order valence-corrected chi connectivity index (χ4v) is 7.31. The lowest BCUT2D eigenvalue weighted by atomic mass is 10.0. The van der Waals surface area contributed by atoms with Gasteiger partial charge in [0.25, 0.3) is 11.8 Å². The minimum Gasteiger partial charge on any atom is -0.497 e. The van der Waals surface area contributed by atoms with E-state index in [1.54, 1.807) is 49.4 Å².